The van der Waals surface area contributed by atoms with Crippen molar-refractivity contribution in [3.63, 3.8) is 0 Å². The van der Waals surface area contributed by atoms with Gasteiger partial charge in [-0.2, -0.15) is 0 Å². The highest BCUT2D eigenvalue weighted by atomic mass is 32.1. The Morgan fingerprint density at radius 3 is 2.42 bits per heavy atom. The van der Waals surface area contributed by atoms with Crippen molar-refractivity contribution >= 4 is 28.5 Å². The van der Waals surface area contributed by atoms with E-state index in [-0.39, 0.29) is 5.92 Å². The number of thiazole rings is 1. The molecular formula is C11H17N3O4S. The fraction of sp³-hybridized carbons (Fsp3) is 0.545. The van der Waals surface area contributed by atoms with Crippen LogP contribution in [0, 0.1) is 0 Å². The summed E-state index contributed by atoms with van der Waals surface area (Å²) in [4.78, 5) is 26.6. The maximum atomic E-state index is 11.6. The number of aromatic nitrogens is 1. The van der Waals surface area contributed by atoms with Gasteiger partial charge in [0.2, 0.25) is 0 Å². The number of carbonyl (C=O) groups excluding carboxylic acids is 1. The predicted molar refractivity (Wildman–Crippen MR) is 71.5 cm³/mol. The van der Waals surface area contributed by atoms with Crippen LogP contribution in [0.15, 0.2) is 5.38 Å². The average molecular weight is 287 g/mol. The van der Waals surface area contributed by atoms with E-state index in [4.69, 9.17) is 5.11 Å². The Hall–Kier alpha value is -1.67. The van der Waals surface area contributed by atoms with Crippen molar-refractivity contribution in [3.8, 4) is 0 Å². The highest BCUT2D eigenvalue weighted by Crippen LogP contribution is 2.21. The Labute approximate surface area is 114 Å². The summed E-state index contributed by atoms with van der Waals surface area (Å²) in [5, 5.41) is 24.9. The number of anilines is 1. The monoisotopic (exact) mass is 287 g/mol. The first-order valence-electron chi connectivity index (χ1n) is 5.75. The normalized spacial score (nSPS) is 13.9. The van der Waals surface area contributed by atoms with E-state index in [9.17, 15) is 14.7 Å². The summed E-state index contributed by atoms with van der Waals surface area (Å²) in [5.74, 6) is -1.05. The summed E-state index contributed by atoms with van der Waals surface area (Å²) < 4.78 is 0. The van der Waals surface area contributed by atoms with Crippen molar-refractivity contribution in [2.75, 3.05) is 5.32 Å². The van der Waals surface area contributed by atoms with E-state index in [0.29, 0.717) is 5.13 Å². The SMILES string of the molecule is CC(C)c1csc(NC(=O)N[C@H](C(=O)O)[C@@H](C)O)n1. The number of rotatable bonds is 5. The van der Waals surface area contributed by atoms with Gasteiger partial charge in [0.25, 0.3) is 0 Å². The number of carboxylic acid groups (broad SMARTS) is 1. The molecule has 7 nitrogen and oxygen atoms in total. The summed E-state index contributed by atoms with van der Waals surface area (Å²) in [5.41, 5.74) is 0.852. The van der Waals surface area contributed by atoms with Crippen LogP contribution >= 0.6 is 11.3 Å². The van der Waals surface area contributed by atoms with Crippen LogP contribution in [0.25, 0.3) is 0 Å². The molecule has 0 fully saturated rings. The van der Waals surface area contributed by atoms with Gasteiger partial charge in [-0.05, 0) is 12.8 Å². The van der Waals surface area contributed by atoms with E-state index >= 15 is 0 Å². The van der Waals surface area contributed by atoms with Crippen LogP contribution < -0.4 is 10.6 Å². The zero-order valence-electron chi connectivity index (χ0n) is 10.9. The van der Waals surface area contributed by atoms with E-state index in [1.165, 1.54) is 18.3 Å². The fourth-order valence-corrected chi connectivity index (χ4v) is 2.14. The Kier molecular flexibility index (Phi) is 5.25. The van der Waals surface area contributed by atoms with Crippen molar-refractivity contribution in [2.24, 2.45) is 0 Å². The number of carboxylic acids is 1. The zero-order valence-corrected chi connectivity index (χ0v) is 11.7. The van der Waals surface area contributed by atoms with Crippen LogP contribution in [0.5, 0.6) is 0 Å². The van der Waals surface area contributed by atoms with E-state index in [1.807, 2.05) is 19.2 Å². The second-order valence-electron chi connectivity index (χ2n) is 4.39. The molecule has 2 amide bonds. The van der Waals surface area contributed by atoms with Gasteiger partial charge in [0.05, 0.1) is 11.8 Å². The van der Waals surface area contributed by atoms with Gasteiger partial charge in [-0.25, -0.2) is 14.6 Å². The second kappa shape index (κ2) is 6.48. The standard InChI is InChI=1S/C11H17N3O4S/c1-5(2)7-4-19-11(12-7)14-10(18)13-8(6(3)15)9(16)17/h4-6,8,15H,1-3H3,(H,16,17)(H2,12,13,14,18)/t6-,8+/m1/s1. The van der Waals surface area contributed by atoms with Crippen molar-refractivity contribution in [1.29, 1.82) is 0 Å². The molecule has 19 heavy (non-hydrogen) atoms. The van der Waals surface area contributed by atoms with Crippen LogP contribution in [0.1, 0.15) is 32.4 Å². The fourth-order valence-electron chi connectivity index (χ4n) is 1.27. The lowest BCUT2D eigenvalue weighted by Crippen LogP contribution is -2.49. The predicted octanol–water partition coefficient (Wildman–Crippen LogP) is 1.22. The first-order valence-corrected chi connectivity index (χ1v) is 6.63. The minimum absolute atomic E-state index is 0.249. The minimum Gasteiger partial charge on any atom is -0.480 e. The molecular weight excluding hydrogens is 270 g/mol. The molecule has 0 aromatic carbocycles. The highest BCUT2D eigenvalue weighted by Gasteiger charge is 2.25. The third kappa shape index (κ3) is 4.49. The van der Waals surface area contributed by atoms with Crippen molar-refractivity contribution in [2.45, 2.75) is 38.8 Å². The number of nitrogens with one attached hydrogen (secondary N) is 2. The molecule has 0 aliphatic rings. The summed E-state index contributed by atoms with van der Waals surface area (Å²) in [7, 11) is 0. The molecule has 1 aromatic rings. The number of hydrogen-bond acceptors (Lipinski definition) is 5. The number of urea groups is 1. The molecule has 4 N–H and O–H groups in total. The number of carbonyl (C=O) groups is 2. The number of amides is 2. The maximum Gasteiger partial charge on any atom is 0.328 e. The molecule has 0 radical (unpaired) electrons. The van der Waals surface area contributed by atoms with Crippen LogP contribution in [-0.2, 0) is 4.79 Å². The number of aliphatic hydroxyl groups is 1. The molecule has 2 atom stereocenters. The second-order valence-corrected chi connectivity index (χ2v) is 5.25. The highest BCUT2D eigenvalue weighted by molar-refractivity contribution is 7.13. The van der Waals surface area contributed by atoms with Crippen LogP contribution in [0.4, 0.5) is 9.93 Å². The smallest absolute Gasteiger partial charge is 0.328 e. The molecule has 0 bridgehead atoms. The topological polar surface area (TPSA) is 112 Å². The zero-order chi connectivity index (χ0) is 14.6. The molecule has 0 saturated heterocycles. The molecule has 0 saturated carbocycles. The lowest BCUT2D eigenvalue weighted by Gasteiger charge is -2.16. The van der Waals surface area contributed by atoms with Gasteiger partial charge in [-0.15, -0.1) is 11.3 Å². The first-order chi connectivity index (χ1) is 8.81. The summed E-state index contributed by atoms with van der Waals surface area (Å²) >= 11 is 1.26. The van der Waals surface area contributed by atoms with E-state index in [2.05, 4.69) is 15.6 Å². The Balaban J connectivity index is 2.61. The minimum atomic E-state index is -1.36. The Morgan fingerprint density at radius 2 is 2.00 bits per heavy atom. The third-order valence-corrected chi connectivity index (χ3v) is 3.14. The molecule has 106 valence electrons. The lowest BCUT2D eigenvalue weighted by molar-refractivity contribution is -0.141. The van der Waals surface area contributed by atoms with E-state index < -0.39 is 24.1 Å². The molecule has 0 spiro atoms. The largest absolute Gasteiger partial charge is 0.480 e. The molecule has 0 unspecified atom stereocenters. The Morgan fingerprint density at radius 1 is 1.37 bits per heavy atom. The number of aliphatic hydroxyl groups excluding tert-OH is 1. The number of hydrogen-bond donors (Lipinski definition) is 4. The quantitative estimate of drug-likeness (QED) is 0.650. The van der Waals surface area contributed by atoms with E-state index in [0.717, 1.165) is 5.69 Å². The van der Waals surface area contributed by atoms with Gasteiger partial charge in [0.15, 0.2) is 11.2 Å². The third-order valence-electron chi connectivity index (χ3n) is 2.37. The summed E-state index contributed by atoms with van der Waals surface area (Å²) in [6.07, 6.45) is -1.19. The molecule has 1 rings (SSSR count). The van der Waals surface area contributed by atoms with Gasteiger partial charge in [0.1, 0.15) is 0 Å². The van der Waals surface area contributed by atoms with Crippen molar-refractivity contribution in [1.82, 2.24) is 10.3 Å². The van der Waals surface area contributed by atoms with Crippen LogP contribution in [0.2, 0.25) is 0 Å². The molecule has 0 aliphatic heterocycles. The summed E-state index contributed by atoms with van der Waals surface area (Å²) in [6, 6.07) is -2.07. The number of nitrogens with zero attached hydrogens (tertiary/aromatic N) is 1. The van der Waals surface area contributed by atoms with Gasteiger partial charge < -0.3 is 15.5 Å². The molecule has 0 aliphatic carbocycles. The van der Waals surface area contributed by atoms with Gasteiger partial charge in [0, 0.05) is 5.38 Å². The summed E-state index contributed by atoms with van der Waals surface area (Å²) in [6.45, 7) is 5.25. The lowest BCUT2D eigenvalue weighted by atomic mass is 10.2. The van der Waals surface area contributed by atoms with Gasteiger partial charge >= 0.3 is 12.0 Å². The van der Waals surface area contributed by atoms with Gasteiger partial charge in [-0.3, -0.25) is 5.32 Å². The molecule has 1 aromatic heterocycles. The van der Waals surface area contributed by atoms with Crippen LogP contribution in [0.3, 0.4) is 0 Å². The first kappa shape index (κ1) is 15.4. The van der Waals surface area contributed by atoms with E-state index in [1.54, 1.807) is 0 Å². The average Bonchev–Trinajstić information content (AvgIpc) is 2.73. The maximum absolute atomic E-state index is 11.6. The van der Waals surface area contributed by atoms with Crippen molar-refractivity contribution < 1.29 is 19.8 Å². The van der Waals surface area contributed by atoms with Crippen molar-refractivity contribution in [3.05, 3.63) is 11.1 Å². The Bertz CT molecular complexity index is 459. The number of aliphatic carboxylic acids is 1. The van der Waals surface area contributed by atoms with Crippen LogP contribution in [-0.4, -0.2) is 39.3 Å². The molecule has 8 heteroatoms. The van der Waals surface area contributed by atoms with Gasteiger partial charge in [-0.1, -0.05) is 13.8 Å². The molecule has 1 heterocycles.